The summed E-state index contributed by atoms with van der Waals surface area (Å²) in [6, 6.07) is 9.18. The lowest BCUT2D eigenvalue weighted by Gasteiger charge is -2.23. The van der Waals surface area contributed by atoms with Gasteiger partial charge >= 0.3 is 0 Å². The molecule has 2 heterocycles. The maximum atomic E-state index is 12.0. The summed E-state index contributed by atoms with van der Waals surface area (Å²) in [5.41, 5.74) is 1.13. The Kier molecular flexibility index (Phi) is 3.09. The molecule has 1 aromatic carbocycles. The summed E-state index contributed by atoms with van der Waals surface area (Å²) >= 11 is 0. The number of nitriles is 1. The van der Waals surface area contributed by atoms with Crippen LogP contribution in [0.25, 0.3) is 10.8 Å². The third-order valence-electron chi connectivity index (χ3n) is 3.67. The van der Waals surface area contributed by atoms with Crippen molar-refractivity contribution in [3.8, 4) is 6.07 Å². The predicted molar refractivity (Wildman–Crippen MR) is 74.1 cm³/mol. The van der Waals surface area contributed by atoms with Gasteiger partial charge in [0.25, 0.3) is 0 Å². The molecule has 1 N–H and O–H groups in total. The van der Waals surface area contributed by atoms with Crippen LogP contribution in [0.2, 0.25) is 0 Å². The molecule has 1 amide bonds. The van der Waals surface area contributed by atoms with E-state index >= 15 is 0 Å². The number of carbonyl (C=O) groups excluding carboxylic acids is 1. The van der Waals surface area contributed by atoms with Gasteiger partial charge in [-0.3, -0.25) is 4.79 Å². The number of carbonyl (C=O) groups is 1. The molecule has 0 saturated carbocycles. The summed E-state index contributed by atoms with van der Waals surface area (Å²) in [6.07, 6.45) is 2.72. The molecule has 0 radical (unpaired) electrons. The Hall–Kier alpha value is -2.45. The van der Waals surface area contributed by atoms with E-state index < -0.39 is 0 Å². The van der Waals surface area contributed by atoms with Gasteiger partial charge in [-0.25, -0.2) is 4.98 Å². The number of hydrogen-bond donors (Lipinski definition) is 1. The third kappa shape index (κ3) is 1.91. The fraction of sp³-hybridized carbons (Fsp3) is 0.267. The number of aliphatic hydroxyl groups is 1. The SMILES string of the molecule is N#Cc1nccc2cc(N3C(=O)CC[C@@H]3CO)ccc12. The van der Waals surface area contributed by atoms with Crippen molar-refractivity contribution in [2.24, 2.45) is 0 Å². The lowest BCUT2D eigenvalue weighted by atomic mass is 10.1. The van der Waals surface area contributed by atoms with Gasteiger partial charge in [0.2, 0.25) is 5.91 Å². The predicted octanol–water partition coefficient (Wildman–Crippen LogP) is 1.59. The fourth-order valence-electron chi connectivity index (χ4n) is 2.68. The summed E-state index contributed by atoms with van der Waals surface area (Å²) in [4.78, 5) is 17.6. The molecule has 5 heteroatoms. The number of hydrogen-bond acceptors (Lipinski definition) is 4. The molecule has 1 saturated heterocycles. The molecule has 1 aromatic heterocycles. The second-order valence-corrected chi connectivity index (χ2v) is 4.82. The Labute approximate surface area is 116 Å². The van der Waals surface area contributed by atoms with E-state index in [-0.39, 0.29) is 18.6 Å². The van der Waals surface area contributed by atoms with Crippen LogP contribution < -0.4 is 4.90 Å². The minimum atomic E-state index is -0.155. The molecule has 0 spiro atoms. The van der Waals surface area contributed by atoms with Crippen LogP contribution in [-0.4, -0.2) is 28.6 Å². The zero-order chi connectivity index (χ0) is 14.1. The van der Waals surface area contributed by atoms with E-state index in [2.05, 4.69) is 11.1 Å². The van der Waals surface area contributed by atoms with Gasteiger partial charge in [0.05, 0.1) is 12.6 Å². The Morgan fingerprint density at radius 1 is 1.45 bits per heavy atom. The number of benzene rings is 1. The van der Waals surface area contributed by atoms with E-state index in [0.717, 1.165) is 16.5 Å². The highest BCUT2D eigenvalue weighted by molar-refractivity contribution is 5.99. The second-order valence-electron chi connectivity index (χ2n) is 4.82. The van der Waals surface area contributed by atoms with Gasteiger partial charge in [-0.15, -0.1) is 0 Å². The van der Waals surface area contributed by atoms with Gasteiger partial charge in [-0.05, 0) is 36.1 Å². The van der Waals surface area contributed by atoms with Gasteiger partial charge in [-0.1, -0.05) is 0 Å². The van der Waals surface area contributed by atoms with E-state index in [1.165, 1.54) is 0 Å². The average molecular weight is 267 g/mol. The standard InChI is InChI=1S/C15H13N3O2/c16-8-14-13-3-1-11(7-10(13)5-6-17-14)18-12(9-19)2-4-15(18)20/h1,3,5-7,12,19H,2,4,9H2/t12-/m1/s1. The van der Waals surface area contributed by atoms with E-state index in [0.29, 0.717) is 18.5 Å². The summed E-state index contributed by atoms with van der Waals surface area (Å²) in [7, 11) is 0. The van der Waals surface area contributed by atoms with Crippen LogP contribution in [0.4, 0.5) is 5.69 Å². The molecule has 5 nitrogen and oxygen atoms in total. The first-order valence-corrected chi connectivity index (χ1v) is 6.46. The molecule has 0 bridgehead atoms. The molecule has 100 valence electrons. The lowest BCUT2D eigenvalue weighted by molar-refractivity contribution is -0.117. The Balaban J connectivity index is 2.10. The van der Waals surface area contributed by atoms with Crippen molar-refractivity contribution in [1.29, 1.82) is 5.26 Å². The summed E-state index contributed by atoms with van der Waals surface area (Å²) in [5.74, 6) is 0.0259. The molecule has 2 aromatic rings. The molecule has 20 heavy (non-hydrogen) atoms. The van der Waals surface area contributed by atoms with Crippen molar-refractivity contribution in [2.75, 3.05) is 11.5 Å². The second kappa shape index (κ2) is 4.91. The Bertz CT molecular complexity index is 721. The highest BCUT2D eigenvalue weighted by Crippen LogP contribution is 2.29. The van der Waals surface area contributed by atoms with Crippen molar-refractivity contribution in [1.82, 2.24) is 4.98 Å². The zero-order valence-electron chi connectivity index (χ0n) is 10.8. The first-order valence-electron chi connectivity index (χ1n) is 6.46. The fourth-order valence-corrected chi connectivity index (χ4v) is 2.68. The van der Waals surface area contributed by atoms with Gasteiger partial charge in [0.1, 0.15) is 11.8 Å². The van der Waals surface area contributed by atoms with Gasteiger partial charge < -0.3 is 10.0 Å². The quantitative estimate of drug-likeness (QED) is 0.896. The highest BCUT2D eigenvalue weighted by atomic mass is 16.3. The van der Waals surface area contributed by atoms with Crippen LogP contribution in [-0.2, 0) is 4.79 Å². The highest BCUT2D eigenvalue weighted by Gasteiger charge is 2.31. The van der Waals surface area contributed by atoms with Crippen LogP contribution >= 0.6 is 0 Å². The van der Waals surface area contributed by atoms with Crippen molar-refractivity contribution in [3.05, 3.63) is 36.2 Å². The molecular formula is C15H13N3O2. The summed E-state index contributed by atoms with van der Waals surface area (Å²) in [5, 5.41) is 20.0. The molecule has 1 aliphatic heterocycles. The molecule has 0 unspecified atom stereocenters. The minimum Gasteiger partial charge on any atom is -0.394 e. The van der Waals surface area contributed by atoms with Crippen molar-refractivity contribution in [2.45, 2.75) is 18.9 Å². The van der Waals surface area contributed by atoms with E-state index in [4.69, 9.17) is 5.26 Å². The average Bonchev–Trinajstić information content (AvgIpc) is 2.86. The van der Waals surface area contributed by atoms with Crippen LogP contribution in [0.15, 0.2) is 30.5 Å². The Morgan fingerprint density at radius 2 is 2.30 bits per heavy atom. The summed E-state index contributed by atoms with van der Waals surface area (Å²) in [6.45, 7) is -0.0381. The monoisotopic (exact) mass is 267 g/mol. The maximum absolute atomic E-state index is 12.0. The van der Waals surface area contributed by atoms with Crippen LogP contribution in [0, 0.1) is 11.3 Å². The van der Waals surface area contributed by atoms with Crippen molar-refractivity contribution < 1.29 is 9.90 Å². The minimum absolute atomic E-state index is 0.0259. The molecule has 1 atom stereocenters. The van der Waals surface area contributed by atoms with Gasteiger partial charge in [-0.2, -0.15) is 5.26 Å². The lowest BCUT2D eigenvalue weighted by Crippen LogP contribution is -2.35. The summed E-state index contributed by atoms with van der Waals surface area (Å²) < 4.78 is 0. The number of amides is 1. The van der Waals surface area contributed by atoms with Crippen molar-refractivity contribution >= 4 is 22.4 Å². The number of aromatic nitrogens is 1. The third-order valence-corrected chi connectivity index (χ3v) is 3.67. The van der Waals surface area contributed by atoms with E-state index in [9.17, 15) is 9.90 Å². The smallest absolute Gasteiger partial charge is 0.227 e. The molecular weight excluding hydrogens is 254 g/mol. The molecule has 0 aliphatic carbocycles. The topological polar surface area (TPSA) is 77.2 Å². The number of pyridine rings is 1. The first kappa shape index (κ1) is 12.6. The number of anilines is 1. The molecule has 1 fully saturated rings. The zero-order valence-corrected chi connectivity index (χ0v) is 10.8. The molecule has 3 rings (SSSR count). The maximum Gasteiger partial charge on any atom is 0.227 e. The van der Waals surface area contributed by atoms with Gasteiger partial charge in [0.15, 0.2) is 0 Å². The normalized spacial score (nSPS) is 18.5. The van der Waals surface area contributed by atoms with Crippen LogP contribution in [0.1, 0.15) is 18.5 Å². The number of aliphatic hydroxyl groups excluding tert-OH is 1. The number of nitrogens with zero attached hydrogens (tertiary/aromatic N) is 3. The van der Waals surface area contributed by atoms with Crippen LogP contribution in [0.3, 0.4) is 0 Å². The Morgan fingerprint density at radius 3 is 3.05 bits per heavy atom. The first-order chi connectivity index (χ1) is 9.74. The van der Waals surface area contributed by atoms with Crippen LogP contribution in [0.5, 0.6) is 0 Å². The number of fused-ring (bicyclic) bond motifs is 1. The number of rotatable bonds is 2. The largest absolute Gasteiger partial charge is 0.394 e. The molecule has 1 aliphatic rings. The van der Waals surface area contributed by atoms with Gasteiger partial charge in [0, 0.05) is 23.7 Å². The van der Waals surface area contributed by atoms with E-state index in [1.807, 2.05) is 12.1 Å². The van der Waals surface area contributed by atoms with Crippen molar-refractivity contribution in [3.63, 3.8) is 0 Å². The van der Waals surface area contributed by atoms with E-state index in [1.54, 1.807) is 23.2 Å².